The van der Waals surface area contributed by atoms with Gasteiger partial charge in [0.1, 0.15) is 0 Å². The fourth-order valence-corrected chi connectivity index (χ4v) is 16.5. The Bertz CT molecular complexity index is 3980. The third-order valence-electron chi connectivity index (χ3n) is 20.1. The zero-order chi connectivity index (χ0) is 56.3. The van der Waals surface area contributed by atoms with E-state index in [1.165, 1.54) is 112 Å². The smallest absolute Gasteiger partial charge is 0.252 e. The maximum atomic E-state index is 2.76. The Labute approximate surface area is 483 Å². The molecule has 0 bridgehead atoms. The highest BCUT2D eigenvalue weighted by molar-refractivity contribution is 7.00. The van der Waals surface area contributed by atoms with Gasteiger partial charge in [-0.05, 0) is 204 Å². The molecule has 404 valence electrons. The molecule has 0 atom stereocenters. The number of nitrogens with zero attached hydrogens (tertiary/aromatic N) is 3. The van der Waals surface area contributed by atoms with E-state index in [9.17, 15) is 0 Å². The van der Waals surface area contributed by atoms with Gasteiger partial charge in [0.15, 0.2) is 0 Å². The fraction of sp³-hybridized carbons (Fsp3) is 0.299. The molecule has 3 nitrogen and oxygen atoms in total. The van der Waals surface area contributed by atoms with Crippen LogP contribution in [-0.4, -0.2) is 6.71 Å². The quantitative estimate of drug-likeness (QED) is 0.147. The first-order valence-corrected chi connectivity index (χ1v) is 30.0. The zero-order valence-corrected chi connectivity index (χ0v) is 50.1. The number of hydrogen-bond acceptors (Lipinski definition) is 3. The fourth-order valence-electron chi connectivity index (χ4n) is 16.5. The SMILES string of the molecule is Cc1cc2c(cc1N1c3cc4c(cc3B3c5cc6c(cc5N(c5ccc(-c7ccccc7)cc5-c5ccccc5)c5cc(N(c7ccccc7)c7ccccc7)cc1c53)C(C)(C)CCC6(C)C)C(C)(C)CC4(C)C)C(C)(C)CC2(C)C. The van der Waals surface area contributed by atoms with Crippen molar-refractivity contribution in [3.05, 3.63) is 227 Å². The van der Waals surface area contributed by atoms with Gasteiger partial charge in [-0.3, -0.25) is 0 Å². The van der Waals surface area contributed by atoms with Gasteiger partial charge >= 0.3 is 0 Å². The Morgan fingerprint density at radius 2 is 0.728 bits per heavy atom. The van der Waals surface area contributed by atoms with Gasteiger partial charge in [-0.2, -0.15) is 0 Å². The summed E-state index contributed by atoms with van der Waals surface area (Å²) in [5.74, 6) is 0. The molecule has 4 heteroatoms. The Hall–Kier alpha value is -7.56. The summed E-state index contributed by atoms with van der Waals surface area (Å²) < 4.78 is 0. The third-order valence-corrected chi connectivity index (χ3v) is 20.1. The van der Waals surface area contributed by atoms with E-state index in [2.05, 4.69) is 293 Å². The van der Waals surface area contributed by atoms with Gasteiger partial charge in [0.2, 0.25) is 0 Å². The summed E-state index contributed by atoms with van der Waals surface area (Å²) in [6.45, 7) is 32.2. The van der Waals surface area contributed by atoms with Crippen molar-refractivity contribution in [3.63, 3.8) is 0 Å². The van der Waals surface area contributed by atoms with Crippen LogP contribution >= 0.6 is 0 Å². The number of hydrogen-bond donors (Lipinski definition) is 0. The van der Waals surface area contributed by atoms with Crippen LogP contribution in [0.15, 0.2) is 188 Å². The van der Waals surface area contributed by atoms with E-state index in [4.69, 9.17) is 0 Å². The standard InChI is InChI=1S/C77H78BN3/c1-49-38-57-61(76(10,11)47-74(57,6)7)44-66(49)81-68-46-62-59(75(8,9)48-77(62,12)13)43-64(68)78-63-42-58-60(73(4,5)37-36-72(58,2)3)45-67(63)80(65-35-34-52(50-26-18-14-19-27-50)39-56(65)51-28-20-15-21-29-51)69-40-55(41-70(81)71(69)78)79(53-30-22-16-23-31-53)54-32-24-17-25-33-54/h14-35,38-46H,36-37,47-48H2,1-13H3. The van der Waals surface area contributed by atoms with Crippen molar-refractivity contribution < 1.29 is 0 Å². The van der Waals surface area contributed by atoms with Crippen molar-refractivity contribution in [1.82, 2.24) is 0 Å². The van der Waals surface area contributed by atoms with E-state index in [-0.39, 0.29) is 39.2 Å². The van der Waals surface area contributed by atoms with Crippen LogP contribution in [0, 0.1) is 6.92 Å². The average Bonchev–Trinajstić information content (AvgIpc) is 2.18. The third kappa shape index (κ3) is 7.97. The molecule has 0 fully saturated rings. The number of fused-ring (bicyclic) bond motifs is 7. The summed E-state index contributed by atoms with van der Waals surface area (Å²) >= 11 is 0. The van der Waals surface area contributed by atoms with Crippen molar-refractivity contribution in [2.45, 2.75) is 148 Å². The maximum Gasteiger partial charge on any atom is 0.252 e. The minimum atomic E-state index is -0.0618. The van der Waals surface area contributed by atoms with Gasteiger partial charge in [0, 0.05) is 45.4 Å². The second kappa shape index (κ2) is 17.7. The normalized spacial score (nSPS) is 18.5. The lowest BCUT2D eigenvalue weighted by atomic mass is 9.33. The molecule has 9 aromatic carbocycles. The predicted molar refractivity (Wildman–Crippen MR) is 347 cm³/mol. The minimum Gasteiger partial charge on any atom is -0.311 e. The van der Waals surface area contributed by atoms with Crippen LogP contribution in [0.5, 0.6) is 0 Å². The molecule has 0 saturated carbocycles. The van der Waals surface area contributed by atoms with Crippen molar-refractivity contribution in [2.24, 2.45) is 0 Å². The molecule has 2 aliphatic heterocycles. The molecule has 5 aliphatic rings. The number of benzene rings is 9. The molecule has 9 aromatic rings. The summed E-state index contributed by atoms with van der Waals surface area (Å²) in [5.41, 5.74) is 30.0. The maximum absolute atomic E-state index is 2.76. The molecule has 0 spiro atoms. The first-order chi connectivity index (χ1) is 38.5. The van der Waals surface area contributed by atoms with E-state index in [0.717, 1.165) is 42.7 Å². The summed E-state index contributed by atoms with van der Waals surface area (Å²) in [5, 5.41) is 0. The van der Waals surface area contributed by atoms with Crippen LogP contribution < -0.4 is 31.1 Å². The van der Waals surface area contributed by atoms with E-state index < -0.39 is 0 Å². The molecule has 0 radical (unpaired) electrons. The summed E-state index contributed by atoms with van der Waals surface area (Å²) in [4.78, 5) is 7.98. The van der Waals surface area contributed by atoms with Gasteiger partial charge in [-0.25, -0.2) is 0 Å². The first-order valence-electron chi connectivity index (χ1n) is 30.0. The van der Waals surface area contributed by atoms with Crippen LogP contribution in [-0.2, 0) is 32.5 Å². The van der Waals surface area contributed by atoms with Gasteiger partial charge in [-0.15, -0.1) is 0 Å². The molecule has 0 unspecified atom stereocenters. The molecule has 0 amide bonds. The van der Waals surface area contributed by atoms with Crippen molar-refractivity contribution in [3.8, 4) is 22.3 Å². The monoisotopic (exact) mass is 1060 g/mol. The van der Waals surface area contributed by atoms with Gasteiger partial charge in [0.05, 0.1) is 11.4 Å². The Morgan fingerprint density at radius 1 is 0.333 bits per heavy atom. The van der Waals surface area contributed by atoms with Gasteiger partial charge < -0.3 is 14.7 Å². The lowest BCUT2D eigenvalue weighted by Crippen LogP contribution is -2.62. The Kier molecular flexibility index (Phi) is 11.3. The van der Waals surface area contributed by atoms with Crippen molar-refractivity contribution >= 4 is 74.3 Å². The van der Waals surface area contributed by atoms with E-state index in [0.29, 0.717) is 0 Å². The first kappa shape index (κ1) is 51.6. The second-order valence-electron chi connectivity index (χ2n) is 28.7. The summed E-state index contributed by atoms with van der Waals surface area (Å²) in [6, 6.07) is 72.6. The molecule has 14 rings (SSSR count). The van der Waals surface area contributed by atoms with Gasteiger partial charge in [0.25, 0.3) is 6.71 Å². The van der Waals surface area contributed by atoms with Gasteiger partial charge in [-0.1, -0.05) is 204 Å². The number of rotatable bonds is 7. The second-order valence-corrected chi connectivity index (χ2v) is 28.7. The summed E-state index contributed by atoms with van der Waals surface area (Å²) in [6.07, 6.45) is 4.48. The molecule has 2 heterocycles. The summed E-state index contributed by atoms with van der Waals surface area (Å²) in [7, 11) is 0. The highest BCUT2D eigenvalue weighted by Gasteiger charge is 2.51. The predicted octanol–water partition coefficient (Wildman–Crippen LogP) is 19.1. The molecule has 0 N–H and O–H groups in total. The van der Waals surface area contributed by atoms with E-state index in [1.807, 2.05) is 0 Å². The largest absolute Gasteiger partial charge is 0.311 e. The number of anilines is 9. The topological polar surface area (TPSA) is 9.72 Å². The molecule has 81 heavy (non-hydrogen) atoms. The van der Waals surface area contributed by atoms with Crippen molar-refractivity contribution in [1.29, 1.82) is 0 Å². The lowest BCUT2D eigenvalue weighted by Gasteiger charge is -2.48. The number of para-hydroxylation sites is 2. The number of aryl methyl sites for hydroxylation is 1. The minimum absolute atomic E-state index is 0.000240. The highest BCUT2D eigenvalue weighted by atomic mass is 15.2. The average molecular weight is 1060 g/mol. The Balaban J connectivity index is 1.18. The molecule has 0 saturated heterocycles. The molecule has 3 aliphatic carbocycles. The highest BCUT2D eigenvalue weighted by Crippen LogP contribution is 2.58. The Morgan fingerprint density at radius 3 is 1.22 bits per heavy atom. The molecular weight excluding hydrogens is 978 g/mol. The van der Waals surface area contributed by atoms with Crippen LogP contribution in [0.4, 0.5) is 51.2 Å². The molecular formula is C77H78BN3. The van der Waals surface area contributed by atoms with Crippen LogP contribution in [0.3, 0.4) is 0 Å². The molecule has 0 aromatic heterocycles. The lowest BCUT2D eigenvalue weighted by molar-refractivity contribution is 0.332. The van der Waals surface area contributed by atoms with Crippen molar-refractivity contribution in [2.75, 3.05) is 14.7 Å². The van der Waals surface area contributed by atoms with Crippen LogP contribution in [0.2, 0.25) is 0 Å². The zero-order valence-electron chi connectivity index (χ0n) is 50.1. The van der Waals surface area contributed by atoms with Crippen LogP contribution in [0.1, 0.15) is 148 Å². The van der Waals surface area contributed by atoms with E-state index in [1.54, 1.807) is 0 Å². The van der Waals surface area contributed by atoms with Crippen LogP contribution in [0.25, 0.3) is 22.3 Å². The van der Waals surface area contributed by atoms with E-state index >= 15 is 0 Å².